The highest BCUT2D eigenvalue weighted by Gasteiger charge is 2.32. The average molecular weight is 204 g/mol. The van der Waals surface area contributed by atoms with Gasteiger partial charge in [0.15, 0.2) is 0 Å². The van der Waals surface area contributed by atoms with E-state index >= 15 is 0 Å². The molecule has 0 unspecified atom stereocenters. The Bertz CT molecular complexity index is 320. The van der Waals surface area contributed by atoms with Crippen LogP contribution in [-0.2, 0) is 12.7 Å². The molecule has 78 valence electrons. The maximum Gasteiger partial charge on any atom is 0.433 e. The Hall–Kier alpha value is -1.10. The van der Waals surface area contributed by atoms with Gasteiger partial charge in [0.1, 0.15) is 5.69 Å². The van der Waals surface area contributed by atoms with Crippen LogP contribution in [0, 0.1) is 6.92 Å². The van der Waals surface area contributed by atoms with Crippen LogP contribution in [-0.4, -0.2) is 12.0 Å². The molecular formula is C9H11F3N2. The van der Waals surface area contributed by atoms with Crippen molar-refractivity contribution in [2.75, 3.05) is 7.05 Å². The minimum atomic E-state index is -4.37. The van der Waals surface area contributed by atoms with Crippen LogP contribution in [0.25, 0.3) is 0 Å². The lowest BCUT2D eigenvalue weighted by Crippen LogP contribution is -2.13. The molecule has 0 aromatic carbocycles. The number of pyridine rings is 1. The zero-order valence-corrected chi connectivity index (χ0v) is 7.94. The summed E-state index contributed by atoms with van der Waals surface area (Å²) < 4.78 is 36.9. The van der Waals surface area contributed by atoms with Crippen molar-refractivity contribution in [3.8, 4) is 0 Å². The highest BCUT2D eigenvalue weighted by Crippen LogP contribution is 2.28. The Morgan fingerprint density at radius 2 is 2.00 bits per heavy atom. The van der Waals surface area contributed by atoms with Gasteiger partial charge in [0, 0.05) is 6.54 Å². The number of aromatic nitrogens is 1. The summed E-state index contributed by atoms with van der Waals surface area (Å²) in [5, 5.41) is 2.76. The van der Waals surface area contributed by atoms with E-state index in [0.717, 1.165) is 6.07 Å². The van der Waals surface area contributed by atoms with E-state index in [1.54, 1.807) is 20.0 Å². The number of nitrogens with one attached hydrogen (secondary N) is 1. The second-order valence-electron chi connectivity index (χ2n) is 3.05. The number of aryl methyl sites for hydroxylation is 1. The molecule has 1 heterocycles. The molecule has 0 aliphatic rings. The molecule has 0 spiro atoms. The smallest absolute Gasteiger partial charge is 0.314 e. The summed E-state index contributed by atoms with van der Waals surface area (Å²) in [6.07, 6.45) is -4.37. The molecule has 1 N–H and O–H groups in total. The van der Waals surface area contributed by atoms with Crippen LogP contribution >= 0.6 is 0 Å². The van der Waals surface area contributed by atoms with E-state index in [2.05, 4.69) is 10.3 Å². The van der Waals surface area contributed by atoms with Crippen molar-refractivity contribution >= 4 is 0 Å². The first kappa shape index (κ1) is 11.0. The second kappa shape index (κ2) is 3.96. The van der Waals surface area contributed by atoms with Gasteiger partial charge in [-0.1, -0.05) is 0 Å². The quantitative estimate of drug-likeness (QED) is 0.798. The number of rotatable bonds is 2. The fraction of sp³-hybridized carbons (Fsp3) is 0.444. The molecule has 1 aromatic rings. The van der Waals surface area contributed by atoms with Crippen molar-refractivity contribution < 1.29 is 13.2 Å². The van der Waals surface area contributed by atoms with Crippen LogP contribution in [0.4, 0.5) is 13.2 Å². The number of alkyl halides is 3. The molecule has 0 atom stereocenters. The summed E-state index contributed by atoms with van der Waals surface area (Å²) in [7, 11) is 1.66. The lowest BCUT2D eigenvalue weighted by atomic mass is 10.2. The van der Waals surface area contributed by atoms with Crippen molar-refractivity contribution in [3.05, 3.63) is 29.1 Å². The lowest BCUT2D eigenvalue weighted by molar-refractivity contribution is -0.141. The molecule has 0 bridgehead atoms. The van der Waals surface area contributed by atoms with Crippen molar-refractivity contribution in [2.45, 2.75) is 19.6 Å². The summed E-state index contributed by atoms with van der Waals surface area (Å²) in [5.41, 5.74) is 0.139. The number of halogens is 3. The van der Waals surface area contributed by atoms with Gasteiger partial charge < -0.3 is 5.32 Å². The highest BCUT2D eigenvalue weighted by atomic mass is 19.4. The van der Waals surface area contributed by atoms with Crippen LogP contribution in [0.2, 0.25) is 0 Å². The summed E-state index contributed by atoms with van der Waals surface area (Å²) in [4.78, 5) is 3.51. The van der Waals surface area contributed by atoms with Crippen LogP contribution < -0.4 is 5.32 Å². The number of nitrogens with zero attached hydrogens (tertiary/aromatic N) is 1. The third-order valence-corrected chi connectivity index (χ3v) is 1.67. The molecule has 0 amide bonds. The van der Waals surface area contributed by atoms with E-state index in [1.807, 2.05) is 0 Å². The molecule has 1 rings (SSSR count). The molecule has 0 aliphatic carbocycles. The normalized spacial score (nSPS) is 11.8. The Labute approximate surface area is 80.2 Å². The SMILES string of the molecule is CNCc1cc(C)cc(C(F)(F)F)n1. The van der Waals surface area contributed by atoms with Crippen molar-refractivity contribution in [1.82, 2.24) is 10.3 Å². The van der Waals surface area contributed by atoms with Gasteiger partial charge in [-0.15, -0.1) is 0 Å². The van der Waals surface area contributed by atoms with Crippen LogP contribution in [0.15, 0.2) is 12.1 Å². The van der Waals surface area contributed by atoms with Gasteiger partial charge in [-0.2, -0.15) is 13.2 Å². The zero-order valence-electron chi connectivity index (χ0n) is 7.94. The molecule has 2 nitrogen and oxygen atoms in total. The minimum absolute atomic E-state index is 0.338. The lowest BCUT2D eigenvalue weighted by Gasteiger charge is -2.09. The Morgan fingerprint density at radius 3 is 2.50 bits per heavy atom. The molecule has 0 saturated carbocycles. The monoisotopic (exact) mass is 204 g/mol. The predicted octanol–water partition coefficient (Wildman–Crippen LogP) is 2.13. The second-order valence-corrected chi connectivity index (χ2v) is 3.05. The van der Waals surface area contributed by atoms with Gasteiger partial charge in [0.2, 0.25) is 0 Å². The highest BCUT2D eigenvalue weighted by molar-refractivity contribution is 5.21. The first-order valence-electron chi connectivity index (χ1n) is 4.13. The van der Waals surface area contributed by atoms with E-state index in [4.69, 9.17) is 0 Å². The molecular weight excluding hydrogens is 193 g/mol. The predicted molar refractivity (Wildman–Crippen MR) is 46.7 cm³/mol. The molecule has 0 aliphatic heterocycles. The van der Waals surface area contributed by atoms with E-state index in [0.29, 0.717) is 17.8 Å². The van der Waals surface area contributed by atoms with E-state index in [1.165, 1.54) is 0 Å². The summed E-state index contributed by atoms with van der Waals surface area (Å²) >= 11 is 0. The van der Waals surface area contributed by atoms with E-state index < -0.39 is 11.9 Å². The van der Waals surface area contributed by atoms with Gasteiger partial charge in [-0.25, -0.2) is 4.98 Å². The van der Waals surface area contributed by atoms with Crippen LogP contribution in [0.3, 0.4) is 0 Å². The van der Waals surface area contributed by atoms with Crippen LogP contribution in [0.5, 0.6) is 0 Å². The molecule has 14 heavy (non-hydrogen) atoms. The first-order chi connectivity index (χ1) is 6.43. The molecule has 5 heteroatoms. The fourth-order valence-electron chi connectivity index (χ4n) is 1.16. The zero-order chi connectivity index (χ0) is 10.8. The number of hydrogen-bond donors (Lipinski definition) is 1. The van der Waals surface area contributed by atoms with E-state index in [-0.39, 0.29) is 0 Å². The van der Waals surface area contributed by atoms with Crippen molar-refractivity contribution in [1.29, 1.82) is 0 Å². The van der Waals surface area contributed by atoms with Gasteiger partial charge >= 0.3 is 6.18 Å². The summed E-state index contributed by atoms with van der Waals surface area (Å²) in [5.74, 6) is 0. The fourth-order valence-corrected chi connectivity index (χ4v) is 1.16. The molecule has 0 saturated heterocycles. The molecule has 0 radical (unpaired) electrons. The number of hydrogen-bond acceptors (Lipinski definition) is 2. The summed E-state index contributed by atoms with van der Waals surface area (Å²) in [6, 6.07) is 2.67. The summed E-state index contributed by atoms with van der Waals surface area (Å²) in [6.45, 7) is 1.96. The maximum absolute atomic E-state index is 12.3. The minimum Gasteiger partial charge on any atom is -0.314 e. The first-order valence-corrected chi connectivity index (χ1v) is 4.13. The standard InChI is InChI=1S/C9H11F3N2/c1-6-3-7(5-13-2)14-8(4-6)9(10,11)12/h3-4,13H,5H2,1-2H3. The van der Waals surface area contributed by atoms with Gasteiger partial charge in [0.05, 0.1) is 5.69 Å². The Balaban J connectivity index is 3.07. The Kier molecular flexibility index (Phi) is 3.10. The van der Waals surface area contributed by atoms with Gasteiger partial charge in [-0.3, -0.25) is 0 Å². The topological polar surface area (TPSA) is 24.9 Å². The maximum atomic E-state index is 12.3. The third-order valence-electron chi connectivity index (χ3n) is 1.67. The molecule has 0 fully saturated rings. The van der Waals surface area contributed by atoms with Crippen molar-refractivity contribution in [3.63, 3.8) is 0 Å². The largest absolute Gasteiger partial charge is 0.433 e. The van der Waals surface area contributed by atoms with Crippen molar-refractivity contribution in [2.24, 2.45) is 0 Å². The van der Waals surface area contributed by atoms with Crippen LogP contribution in [0.1, 0.15) is 17.0 Å². The van der Waals surface area contributed by atoms with Gasteiger partial charge in [-0.05, 0) is 31.7 Å². The average Bonchev–Trinajstić information content (AvgIpc) is 2.02. The van der Waals surface area contributed by atoms with Gasteiger partial charge in [0.25, 0.3) is 0 Å². The Morgan fingerprint density at radius 1 is 1.36 bits per heavy atom. The third kappa shape index (κ3) is 2.70. The van der Waals surface area contributed by atoms with E-state index in [9.17, 15) is 13.2 Å². The molecule has 1 aromatic heterocycles.